The summed E-state index contributed by atoms with van der Waals surface area (Å²) in [7, 11) is 1.85. The number of allylic oxidation sites excluding steroid dienone is 1. The summed E-state index contributed by atoms with van der Waals surface area (Å²) < 4.78 is 14.0. The summed E-state index contributed by atoms with van der Waals surface area (Å²) in [5.41, 5.74) is 7.87. The van der Waals surface area contributed by atoms with Crippen LogP contribution in [-0.4, -0.2) is 18.3 Å². The van der Waals surface area contributed by atoms with Gasteiger partial charge in [0.2, 0.25) is 0 Å². The summed E-state index contributed by atoms with van der Waals surface area (Å²) in [6, 6.07) is 9.21. The largest absolute Gasteiger partial charge is 0.508 e. The quantitative estimate of drug-likeness (QED) is 0.372. The van der Waals surface area contributed by atoms with Crippen molar-refractivity contribution in [3.8, 4) is 11.5 Å². The first-order chi connectivity index (χ1) is 20.5. The second-order valence-electron chi connectivity index (χ2n) is 17.4. The van der Waals surface area contributed by atoms with E-state index in [2.05, 4.69) is 106 Å². The number of aromatic hydroxyl groups is 1. The lowest BCUT2D eigenvalue weighted by Crippen LogP contribution is -2.58. The smallest absolute Gasteiger partial charge is 0.133 e. The lowest BCUT2D eigenvalue weighted by Gasteiger charge is -2.58. The Balaban J connectivity index is 1.54. The molecule has 6 rings (SSSR count). The molecule has 0 radical (unpaired) electrons. The molecule has 2 aromatic carbocycles. The summed E-state index contributed by atoms with van der Waals surface area (Å²) in [6.07, 6.45) is 11.7. The van der Waals surface area contributed by atoms with Crippen LogP contribution in [0.25, 0.3) is 6.08 Å². The number of benzene rings is 2. The molecular formula is C41H58O3. The second kappa shape index (κ2) is 10.6. The molecule has 0 amide bonds. The van der Waals surface area contributed by atoms with Crippen molar-refractivity contribution in [2.45, 2.75) is 143 Å². The van der Waals surface area contributed by atoms with Gasteiger partial charge in [0.15, 0.2) is 0 Å². The molecule has 2 aromatic rings. The van der Waals surface area contributed by atoms with Gasteiger partial charge in [-0.25, -0.2) is 0 Å². The van der Waals surface area contributed by atoms with Gasteiger partial charge >= 0.3 is 0 Å². The molecule has 0 aromatic heterocycles. The van der Waals surface area contributed by atoms with E-state index in [0.717, 1.165) is 24.2 Å². The van der Waals surface area contributed by atoms with Crippen molar-refractivity contribution in [2.75, 3.05) is 7.11 Å². The Morgan fingerprint density at radius 3 is 2.02 bits per heavy atom. The van der Waals surface area contributed by atoms with Crippen LogP contribution in [0.15, 0.2) is 30.3 Å². The second-order valence-corrected chi connectivity index (χ2v) is 17.4. The fourth-order valence-corrected chi connectivity index (χ4v) is 10.8. The highest BCUT2D eigenvalue weighted by Gasteiger charge is 2.59. The number of fused-ring (bicyclic) bond motifs is 6. The van der Waals surface area contributed by atoms with E-state index in [1.165, 1.54) is 53.5 Å². The molecular weight excluding hydrogens is 540 g/mol. The number of hydrogen-bond donors (Lipinski definition) is 1. The molecule has 2 saturated carbocycles. The maximum Gasteiger partial charge on any atom is 0.133 e. The van der Waals surface area contributed by atoms with E-state index in [9.17, 15) is 5.11 Å². The van der Waals surface area contributed by atoms with Crippen LogP contribution in [0.5, 0.6) is 11.5 Å². The monoisotopic (exact) mass is 598 g/mol. The highest BCUT2D eigenvalue weighted by Crippen LogP contribution is 2.62. The Hall–Kier alpha value is -2.26. The molecule has 240 valence electrons. The first-order valence-electron chi connectivity index (χ1n) is 17.5. The molecule has 0 bridgehead atoms. The van der Waals surface area contributed by atoms with E-state index >= 15 is 0 Å². The van der Waals surface area contributed by atoms with Crippen molar-refractivity contribution in [1.29, 1.82) is 0 Å². The summed E-state index contributed by atoms with van der Waals surface area (Å²) in [6.45, 7) is 23.6. The van der Waals surface area contributed by atoms with Gasteiger partial charge in [-0.05, 0) is 123 Å². The van der Waals surface area contributed by atoms with Crippen molar-refractivity contribution >= 4 is 6.08 Å². The standard InChI is InChI=1S/C41H58O3/c1-24(2)27-21-29-31(22-32(27)42)41(10)19-13-17-39(7,8)37(41)36(35(29)43-11)44-33-23-30-26(20-28(33)25(3)4)14-15-34-38(5,6)16-12-18-40(30,34)9/h14-15,20-25,34-37,42H,12-13,16-19H2,1-11H3/t34-,35?,36-,37-,40+,41+/m0/s1. The Morgan fingerprint density at radius 2 is 1.39 bits per heavy atom. The molecule has 3 heteroatoms. The molecule has 0 aliphatic heterocycles. The zero-order valence-electron chi connectivity index (χ0n) is 29.4. The van der Waals surface area contributed by atoms with Crippen LogP contribution in [0.1, 0.15) is 159 Å². The molecule has 2 fully saturated rings. The average Bonchev–Trinajstić information content (AvgIpc) is 2.92. The van der Waals surface area contributed by atoms with Gasteiger partial charge in [-0.15, -0.1) is 0 Å². The van der Waals surface area contributed by atoms with Crippen molar-refractivity contribution in [1.82, 2.24) is 0 Å². The van der Waals surface area contributed by atoms with Gasteiger partial charge in [0.1, 0.15) is 23.7 Å². The normalized spacial score (nSPS) is 33.4. The Morgan fingerprint density at radius 1 is 0.750 bits per heavy atom. The molecule has 1 unspecified atom stereocenters. The zero-order valence-corrected chi connectivity index (χ0v) is 29.4. The van der Waals surface area contributed by atoms with E-state index in [-0.39, 0.29) is 45.7 Å². The lowest BCUT2D eigenvalue weighted by molar-refractivity contribution is -0.113. The summed E-state index contributed by atoms with van der Waals surface area (Å²) >= 11 is 0. The van der Waals surface area contributed by atoms with Crippen LogP contribution in [0, 0.1) is 22.7 Å². The fraction of sp³-hybridized carbons (Fsp3) is 0.659. The minimum absolute atomic E-state index is 0.0535. The fourth-order valence-electron chi connectivity index (χ4n) is 10.8. The highest BCUT2D eigenvalue weighted by atomic mass is 16.5. The van der Waals surface area contributed by atoms with Gasteiger partial charge in [-0.2, -0.15) is 0 Å². The maximum absolute atomic E-state index is 11.2. The van der Waals surface area contributed by atoms with Crippen molar-refractivity contribution < 1.29 is 14.6 Å². The average molecular weight is 599 g/mol. The number of hydrogen-bond acceptors (Lipinski definition) is 3. The minimum atomic E-state index is -0.216. The van der Waals surface area contributed by atoms with Crippen LogP contribution in [-0.2, 0) is 15.6 Å². The third kappa shape index (κ3) is 4.69. The molecule has 44 heavy (non-hydrogen) atoms. The molecule has 3 nitrogen and oxygen atoms in total. The topological polar surface area (TPSA) is 38.7 Å². The van der Waals surface area contributed by atoms with E-state index in [0.29, 0.717) is 17.6 Å². The number of rotatable bonds is 5. The maximum atomic E-state index is 11.2. The third-order valence-corrected chi connectivity index (χ3v) is 12.9. The SMILES string of the molecule is COC1c2cc(C(C)C)c(O)cc2[C@@]2(C)CCCC(C)(C)[C@@H]2[C@H]1Oc1cc2c(cc1C(C)C)C=C[C@H]1C(C)(C)CCC[C@]21C. The number of phenolic OH excluding ortho intramolecular Hbond substituents is 1. The van der Waals surface area contributed by atoms with Crippen molar-refractivity contribution in [3.05, 3.63) is 63.7 Å². The van der Waals surface area contributed by atoms with Gasteiger partial charge in [0.25, 0.3) is 0 Å². The Kier molecular flexibility index (Phi) is 7.67. The predicted octanol–water partition coefficient (Wildman–Crippen LogP) is 11.0. The van der Waals surface area contributed by atoms with Crippen molar-refractivity contribution in [2.24, 2.45) is 22.7 Å². The van der Waals surface area contributed by atoms with Crippen molar-refractivity contribution in [3.63, 3.8) is 0 Å². The van der Waals surface area contributed by atoms with Crippen LogP contribution < -0.4 is 4.74 Å². The molecule has 0 saturated heterocycles. The zero-order chi connectivity index (χ0) is 32.0. The number of methoxy groups -OCH3 is 1. The van der Waals surface area contributed by atoms with E-state index in [1.807, 2.05) is 7.11 Å². The van der Waals surface area contributed by atoms with E-state index in [4.69, 9.17) is 9.47 Å². The third-order valence-electron chi connectivity index (χ3n) is 12.9. The molecule has 0 spiro atoms. The minimum Gasteiger partial charge on any atom is -0.508 e. The summed E-state index contributed by atoms with van der Waals surface area (Å²) in [5.74, 6) is 2.77. The Bertz CT molecular complexity index is 1460. The van der Waals surface area contributed by atoms with E-state index in [1.54, 1.807) is 0 Å². The van der Waals surface area contributed by atoms with Crippen LogP contribution >= 0.6 is 0 Å². The molecule has 1 N–H and O–H groups in total. The molecule has 6 atom stereocenters. The van der Waals surface area contributed by atoms with Gasteiger partial charge in [0.05, 0.1) is 0 Å². The highest BCUT2D eigenvalue weighted by molar-refractivity contribution is 5.65. The van der Waals surface area contributed by atoms with Gasteiger partial charge < -0.3 is 14.6 Å². The molecule has 4 aliphatic rings. The lowest BCUT2D eigenvalue weighted by atomic mass is 9.48. The van der Waals surface area contributed by atoms with E-state index < -0.39 is 0 Å². The first-order valence-corrected chi connectivity index (χ1v) is 17.5. The summed E-state index contributed by atoms with van der Waals surface area (Å²) in [5, 5.41) is 11.2. The number of ether oxygens (including phenoxy) is 2. The molecule has 0 heterocycles. The predicted molar refractivity (Wildman–Crippen MR) is 183 cm³/mol. The number of phenols is 1. The molecule has 4 aliphatic carbocycles. The Labute approximate surface area is 267 Å². The van der Waals surface area contributed by atoms with Crippen LogP contribution in [0.3, 0.4) is 0 Å². The van der Waals surface area contributed by atoms with Gasteiger partial charge in [-0.3, -0.25) is 0 Å². The summed E-state index contributed by atoms with van der Waals surface area (Å²) in [4.78, 5) is 0. The van der Waals surface area contributed by atoms with Crippen LogP contribution in [0.4, 0.5) is 0 Å². The first kappa shape index (κ1) is 31.7. The van der Waals surface area contributed by atoms with Crippen LogP contribution in [0.2, 0.25) is 0 Å². The van der Waals surface area contributed by atoms with Gasteiger partial charge in [0, 0.05) is 13.0 Å². The van der Waals surface area contributed by atoms with Gasteiger partial charge in [-0.1, -0.05) is 94.2 Å².